The smallest absolute Gasteiger partial charge is 0.325 e. The molecule has 1 atom stereocenters. The summed E-state index contributed by atoms with van der Waals surface area (Å²) in [7, 11) is 1.54. The van der Waals surface area contributed by atoms with E-state index in [1.54, 1.807) is 31.4 Å². The normalized spacial score (nSPS) is 16.0. The minimum atomic E-state index is -1.07. The predicted octanol–water partition coefficient (Wildman–Crippen LogP) is 2.81. The minimum absolute atomic E-state index is 0.0773. The van der Waals surface area contributed by atoms with Crippen molar-refractivity contribution < 1.29 is 27.9 Å². The molecule has 0 saturated carbocycles. The lowest BCUT2D eigenvalue weighted by molar-refractivity contribution is -0.128. The molecule has 2 aromatic rings. The number of hydrogen-bond donors (Lipinski definition) is 2. The van der Waals surface area contributed by atoms with Crippen molar-refractivity contribution in [2.24, 2.45) is 0 Å². The number of hydrogen-bond acceptors (Lipinski definition) is 4. The Morgan fingerprint density at radius 3 is 2.52 bits per heavy atom. The molecule has 3 rings (SSSR count). The van der Waals surface area contributed by atoms with Gasteiger partial charge in [0.1, 0.15) is 11.8 Å². The zero-order valence-corrected chi connectivity index (χ0v) is 15.6. The highest BCUT2D eigenvalue weighted by Gasteiger charge is 2.37. The van der Waals surface area contributed by atoms with E-state index in [0.29, 0.717) is 5.75 Å². The molecule has 4 amide bonds. The van der Waals surface area contributed by atoms with Crippen LogP contribution in [0.4, 0.5) is 19.3 Å². The first-order chi connectivity index (χ1) is 13.9. The van der Waals surface area contributed by atoms with E-state index in [0.717, 1.165) is 22.6 Å². The molecule has 1 fully saturated rings. The molecule has 2 aromatic carbocycles. The summed E-state index contributed by atoms with van der Waals surface area (Å²) in [5.74, 6) is -2.33. The number of rotatable bonds is 7. The zero-order chi connectivity index (χ0) is 21.0. The Balaban J connectivity index is 1.53. The molecule has 0 aliphatic carbocycles. The number of nitrogens with one attached hydrogen (secondary N) is 2. The minimum Gasteiger partial charge on any atom is -0.497 e. The molecular formula is C20H19F2N3O4. The maximum absolute atomic E-state index is 13.2. The van der Waals surface area contributed by atoms with Crippen molar-refractivity contribution in [2.75, 3.05) is 12.4 Å². The molecule has 0 unspecified atom stereocenters. The molecule has 1 aliphatic heterocycles. The molecular weight excluding hydrogens is 384 g/mol. The van der Waals surface area contributed by atoms with Gasteiger partial charge in [-0.3, -0.25) is 14.5 Å². The van der Waals surface area contributed by atoms with Crippen LogP contribution in [0.2, 0.25) is 0 Å². The van der Waals surface area contributed by atoms with Gasteiger partial charge in [0.25, 0.3) is 5.91 Å². The number of amides is 4. The Hall–Kier alpha value is -3.49. The van der Waals surface area contributed by atoms with Gasteiger partial charge in [-0.2, -0.15) is 0 Å². The third-order valence-corrected chi connectivity index (χ3v) is 4.47. The Morgan fingerprint density at radius 2 is 1.86 bits per heavy atom. The van der Waals surface area contributed by atoms with Gasteiger partial charge in [-0.1, -0.05) is 12.1 Å². The SMILES string of the molecule is COc1ccc(CN2C(=O)N[C@H](CCC(=O)Nc3ccc(F)c(F)c3)C2=O)cc1. The Kier molecular flexibility index (Phi) is 6.06. The van der Waals surface area contributed by atoms with Crippen LogP contribution in [0.5, 0.6) is 5.75 Å². The third-order valence-electron chi connectivity index (χ3n) is 4.47. The van der Waals surface area contributed by atoms with Crippen LogP contribution < -0.4 is 15.4 Å². The van der Waals surface area contributed by atoms with Crippen molar-refractivity contribution in [3.63, 3.8) is 0 Å². The number of urea groups is 1. The summed E-state index contributed by atoms with van der Waals surface area (Å²) in [6.45, 7) is 0.103. The third kappa shape index (κ3) is 4.87. The molecule has 152 valence electrons. The number of halogens is 2. The van der Waals surface area contributed by atoms with Gasteiger partial charge in [0, 0.05) is 18.2 Å². The Labute approximate surface area is 165 Å². The van der Waals surface area contributed by atoms with Crippen LogP contribution in [0.3, 0.4) is 0 Å². The second-order valence-corrected chi connectivity index (χ2v) is 6.49. The highest BCUT2D eigenvalue weighted by atomic mass is 19.2. The Morgan fingerprint density at radius 1 is 1.14 bits per heavy atom. The van der Waals surface area contributed by atoms with Crippen LogP contribution in [0.1, 0.15) is 18.4 Å². The maximum Gasteiger partial charge on any atom is 0.325 e. The molecule has 9 heteroatoms. The lowest BCUT2D eigenvalue weighted by atomic mass is 10.1. The number of nitrogens with zero attached hydrogens (tertiary/aromatic N) is 1. The number of carbonyl (C=O) groups excluding carboxylic acids is 3. The van der Waals surface area contributed by atoms with Crippen molar-refractivity contribution in [2.45, 2.75) is 25.4 Å². The summed E-state index contributed by atoms with van der Waals surface area (Å²) in [5, 5.41) is 4.98. The van der Waals surface area contributed by atoms with Gasteiger partial charge in [0.15, 0.2) is 11.6 Å². The average Bonchev–Trinajstić information content (AvgIpc) is 2.97. The van der Waals surface area contributed by atoms with Gasteiger partial charge in [0.05, 0.1) is 13.7 Å². The fraction of sp³-hybridized carbons (Fsp3) is 0.250. The van der Waals surface area contributed by atoms with E-state index < -0.39 is 35.5 Å². The molecule has 0 bridgehead atoms. The van der Waals surface area contributed by atoms with Crippen molar-refractivity contribution in [1.29, 1.82) is 0 Å². The van der Waals surface area contributed by atoms with E-state index >= 15 is 0 Å². The van der Waals surface area contributed by atoms with Gasteiger partial charge in [0.2, 0.25) is 5.91 Å². The molecule has 1 aliphatic rings. The standard InChI is InChI=1S/C20H19F2N3O4/c1-29-14-5-2-12(3-6-14)11-25-19(27)17(24-20(25)28)8-9-18(26)23-13-4-7-15(21)16(22)10-13/h2-7,10,17H,8-9,11H2,1H3,(H,23,26)(H,24,28)/t17-/m1/s1. The van der Waals surface area contributed by atoms with Gasteiger partial charge >= 0.3 is 6.03 Å². The first-order valence-corrected chi connectivity index (χ1v) is 8.87. The molecule has 0 aromatic heterocycles. The van der Waals surface area contributed by atoms with Gasteiger partial charge in [-0.15, -0.1) is 0 Å². The summed E-state index contributed by atoms with van der Waals surface area (Å²) in [6, 6.07) is 8.62. The molecule has 0 spiro atoms. The lowest BCUT2D eigenvalue weighted by Crippen LogP contribution is -2.31. The van der Waals surface area contributed by atoms with E-state index in [9.17, 15) is 23.2 Å². The number of ether oxygens (including phenoxy) is 1. The van der Waals surface area contributed by atoms with Crippen LogP contribution in [0.25, 0.3) is 0 Å². The second kappa shape index (κ2) is 8.68. The highest BCUT2D eigenvalue weighted by molar-refractivity contribution is 6.04. The van der Waals surface area contributed by atoms with Crippen LogP contribution >= 0.6 is 0 Å². The number of methoxy groups -OCH3 is 1. The Bertz CT molecular complexity index is 934. The quantitative estimate of drug-likeness (QED) is 0.696. The summed E-state index contributed by atoms with van der Waals surface area (Å²) >= 11 is 0. The number of anilines is 1. The molecule has 7 nitrogen and oxygen atoms in total. The average molecular weight is 403 g/mol. The van der Waals surface area contributed by atoms with Crippen molar-refractivity contribution in [3.8, 4) is 5.75 Å². The van der Waals surface area contributed by atoms with Crippen LogP contribution in [0.15, 0.2) is 42.5 Å². The monoisotopic (exact) mass is 403 g/mol. The maximum atomic E-state index is 13.2. The molecule has 29 heavy (non-hydrogen) atoms. The second-order valence-electron chi connectivity index (χ2n) is 6.49. The fourth-order valence-electron chi connectivity index (χ4n) is 2.91. The van der Waals surface area contributed by atoms with Gasteiger partial charge in [-0.05, 0) is 36.2 Å². The number of imide groups is 1. The van der Waals surface area contributed by atoms with Crippen molar-refractivity contribution in [1.82, 2.24) is 10.2 Å². The van der Waals surface area contributed by atoms with Gasteiger partial charge < -0.3 is 15.4 Å². The number of carbonyl (C=O) groups is 3. The molecule has 1 saturated heterocycles. The van der Waals surface area contributed by atoms with Crippen LogP contribution in [-0.4, -0.2) is 35.9 Å². The lowest BCUT2D eigenvalue weighted by Gasteiger charge is -2.13. The highest BCUT2D eigenvalue weighted by Crippen LogP contribution is 2.18. The van der Waals surface area contributed by atoms with E-state index in [-0.39, 0.29) is 25.1 Å². The largest absolute Gasteiger partial charge is 0.497 e. The van der Waals surface area contributed by atoms with Crippen LogP contribution in [-0.2, 0) is 16.1 Å². The van der Waals surface area contributed by atoms with E-state index in [4.69, 9.17) is 4.74 Å². The molecule has 2 N–H and O–H groups in total. The zero-order valence-electron chi connectivity index (χ0n) is 15.6. The predicted molar refractivity (Wildman–Crippen MR) is 100 cm³/mol. The first kappa shape index (κ1) is 20.2. The van der Waals surface area contributed by atoms with Crippen LogP contribution in [0, 0.1) is 11.6 Å². The summed E-state index contributed by atoms with van der Waals surface area (Å²) in [5.41, 5.74) is 0.864. The van der Waals surface area contributed by atoms with Crippen molar-refractivity contribution >= 4 is 23.5 Å². The summed E-state index contributed by atoms with van der Waals surface area (Å²) < 4.78 is 31.2. The first-order valence-electron chi connectivity index (χ1n) is 8.87. The molecule has 0 radical (unpaired) electrons. The fourth-order valence-corrected chi connectivity index (χ4v) is 2.91. The summed E-state index contributed by atoms with van der Waals surface area (Å²) in [4.78, 5) is 37.7. The summed E-state index contributed by atoms with van der Waals surface area (Å²) in [6.07, 6.45) is 0.00521. The van der Waals surface area contributed by atoms with Gasteiger partial charge in [-0.25, -0.2) is 13.6 Å². The topological polar surface area (TPSA) is 87.7 Å². The van der Waals surface area contributed by atoms with E-state index in [2.05, 4.69) is 10.6 Å². The van der Waals surface area contributed by atoms with E-state index in [1.807, 2.05) is 0 Å². The number of benzene rings is 2. The van der Waals surface area contributed by atoms with Crippen molar-refractivity contribution in [3.05, 3.63) is 59.7 Å². The molecule has 1 heterocycles. The van der Waals surface area contributed by atoms with E-state index in [1.165, 1.54) is 6.07 Å².